The predicted octanol–water partition coefficient (Wildman–Crippen LogP) is 3.34. The molecular weight excluding hydrogens is 200 g/mol. The lowest BCUT2D eigenvalue weighted by Crippen LogP contribution is -2.11. The molecule has 0 spiro atoms. The van der Waals surface area contributed by atoms with Crippen molar-refractivity contribution < 1.29 is 9.53 Å². The molecule has 0 unspecified atom stereocenters. The van der Waals surface area contributed by atoms with Gasteiger partial charge in [-0.3, -0.25) is 4.79 Å². The van der Waals surface area contributed by atoms with E-state index in [9.17, 15) is 4.79 Å². The molecule has 0 radical (unpaired) electrons. The summed E-state index contributed by atoms with van der Waals surface area (Å²) in [5.74, 6) is 1.00. The third kappa shape index (κ3) is 4.05. The largest absolute Gasteiger partial charge is 0.493 e. The van der Waals surface area contributed by atoms with Crippen molar-refractivity contribution in [1.29, 1.82) is 0 Å². The second-order valence-electron chi connectivity index (χ2n) is 5.08. The maximum Gasteiger partial charge on any atom is 0.133 e. The van der Waals surface area contributed by atoms with Crippen LogP contribution in [0, 0.1) is 0 Å². The molecule has 0 aromatic heterocycles. The monoisotopic (exact) mass is 220 g/mol. The number of ketones is 1. The Bertz CT molecular complexity index is 361. The van der Waals surface area contributed by atoms with Crippen LogP contribution < -0.4 is 4.74 Å². The van der Waals surface area contributed by atoms with Crippen molar-refractivity contribution in [2.45, 2.75) is 39.5 Å². The van der Waals surface area contributed by atoms with Gasteiger partial charge in [-0.25, -0.2) is 0 Å². The van der Waals surface area contributed by atoms with Gasteiger partial charge in [-0.15, -0.1) is 0 Å². The van der Waals surface area contributed by atoms with Crippen LogP contribution in [0.5, 0.6) is 5.75 Å². The quantitative estimate of drug-likeness (QED) is 0.778. The molecule has 2 nitrogen and oxygen atoms in total. The summed E-state index contributed by atoms with van der Waals surface area (Å²) in [5, 5.41) is 0. The number of carbonyl (C=O) groups is 1. The first-order chi connectivity index (χ1) is 7.39. The zero-order valence-corrected chi connectivity index (χ0v) is 10.5. The number of hydrogen-bond donors (Lipinski definition) is 0. The Morgan fingerprint density at radius 2 is 2.00 bits per heavy atom. The zero-order chi connectivity index (χ0) is 12.2. The Morgan fingerprint density at radius 1 is 1.31 bits per heavy atom. The van der Waals surface area contributed by atoms with Crippen LogP contribution in [0.15, 0.2) is 24.3 Å². The molecule has 0 aliphatic rings. The fourth-order valence-corrected chi connectivity index (χ4v) is 1.37. The molecule has 0 aliphatic heterocycles. The fraction of sp³-hybridized carbons (Fsp3) is 0.500. The highest BCUT2D eigenvalue weighted by Crippen LogP contribution is 2.25. The average Bonchev–Trinajstić information content (AvgIpc) is 2.16. The van der Waals surface area contributed by atoms with Gasteiger partial charge >= 0.3 is 0 Å². The lowest BCUT2D eigenvalue weighted by molar-refractivity contribution is -0.117. The summed E-state index contributed by atoms with van der Waals surface area (Å²) < 4.78 is 5.53. The molecule has 2 heteroatoms. The minimum Gasteiger partial charge on any atom is -0.493 e. The van der Waals surface area contributed by atoms with Crippen molar-refractivity contribution in [2.75, 3.05) is 6.61 Å². The molecule has 0 saturated heterocycles. The van der Waals surface area contributed by atoms with Gasteiger partial charge in [-0.2, -0.15) is 0 Å². The van der Waals surface area contributed by atoms with Crippen LogP contribution in [0.4, 0.5) is 0 Å². The number of ether oxygens (including phenoxy) is 1. The van der Waals surface area contributed by atoms with E-state index >= 15 is 0 Å². The maximum atomic E-state index is 10.8. The van der Waals surface area contributed by atoms with Crippen molar-refractivity contribution in [1.82, 2.24) is 0 Å². The molecule has 0 heterocycles. The third-order valence-electron chi connectivity index (χ3n) is 2.42. The molecule has 0 fully saturated rings. The Morgan fingerprint density at radius 3 is 2.56 bits per heavy atom. The van der Waals surface area contributed by atoms with Crippen LogP contribution in [-0.4, -0.2) is 12.4 Å². The number of Topliss-reactive ketones (excluding diaryl/α,β-unsaturated/α-hetero) is 1. The Hall–Kier alpha value is -1.31. The summed E-state index contributed by atoms with van der Waals surface area (Å²) in [6.45, 7) is 8.54. The van der Waals surface area contributed by atoms with Crippen molar-refractivity contribution in [3.8, 4) is 5.75 Å². The normalized spacial score (nSPS) is 11.2. The molecule has 0 aliphatic carbocycles. The van der Waals surface area contributed by atoms with E-state index < -0.39 is 0 Å². The van der Waals surface area contributed by atoms with E-state index in [0.29, 0.717) is 13.0 Å². The van der Waals surface area contributed by atoms with Gasteiger partial charge in [0.25, 0.3) is 0 Å². The molecule has 1 rings (SSSR count). The van der Waals surface area contributed by atoms with Gasteiger partial charge < -0.3 is 4.74 Å². The van der Waals surface area contributed by atoms with Crippen LogP contribution in [0.2, 0.25) is 0 Å². The summed E-state index contributed by atoms with van der Waals surface area (Å²) >= 11 is 0. The molecule has 88 valence electrons. The highest BCUT2D eigenvalue weighted by molar-refractivity contribution is 5.75. The van der Waals surface area contributed by atoms with E-state index in [2.05, 4.69) is 26.8 Å². The highest BCUT2D eigenvalue weighted by atomic mass is 16.5. The molecule has 0 bridgehead atoms. The van der Waals surface area contributed by atoms with Crippen LogP contribution in [0.3, 0.4) is 0 Å². The van der Waals surface area contributed by atoms with Gasteiger partial charge in [0.1, 0.15) is 11.5 Å². The Labute approximate surface area is 97.6 Å². The molecule has 0 atom stereocenters. The first kappa shape index (κ1) is 12.8. The van der Waals surface area contributed by atoms with Gasteiger partial charge in [-0.1, -0.05) is 32.9 Å². The molecule has 16 heavy (non-hydrogen) atoms. The van der Waals surface area contributed by atoms with E-state index in [-0.39, 0.29) is 11.2 Å². The van der Waals surface area contributed by atoms with Crippen LogP contribution >= 0.6 is 0 Å². The summed E-state index contributed by atoms with van der Waals surface area (Å²) in [6.07, 6.45) is 0.472. The van der Waals surface area contributed by atoms with Crippen molar-refractivity contribution >= 4 is 5.78 Å². The molecule has 1 aromatic rings. The van der Waals surface area contributed by atoms with Crippen molar-refractivity contribution in [3.05, 3.63) is 29.8 Å². The number of benzene rings is 1. The Kier molecular flexibility index (Phi) is 4.11. The minimum atomic E-state index is 0.125. The maximum absolute atomic E-state index is 10.8. The van der Waals surface area contributed by atoms with Gasteiger partial charge in [0.15, 0.2) is 0 Å². The first-order valence-electron chi connectivity index (χ1n) is 5.62. The van der Waals surface area contributed by atoms with Crippen molar-refractivity contribution in [3.63, 3.8) is 0 Å². The molecule has 0 amide bonds. The highest BCUT2D eigenvalue weighted by Gasteiger charge is 2.13. The molecule has 1 aromatic carbocycles. The topological polar surface area (TPSA) is 26.3 Å². The predicted molar refractivity (Wildman–Crippen MR) is 65.9 cm³/mol. The van der Waals surface area contributed by atoms with E-state index in [1.165, 1.54) is 5.56 Å². The van der Waals surface area contributed by atoms with Crippen LogP contribution in [0.1, 0.15) is 39.7 Å². The SMILES string of the molecule is CC(=O)CCOc1cccc(C(C)(C)C)c1. The van der Waals surface area contributed by atoms with E-state index in [4.69, 9.17) is 4.74 Å². The smallest absolute Gasteiger partial charge is 0.133 e. The summed E-state index contributed by atoms with van der Waals surface area (Å²) in [4.78, 5) is 10.8. The third-order valence-corrected chi connectivity index (χ3v) is 2.42. The van der Waals surface area contributed by atoms with Gasteiger partial charge in [0.2, 0.25) is 0 Å². The molecular formula is C14H20O2. The van der Waals surface area contributed by atoms with Gasteiger partial charge in [-0.05, 0) is 30.0 Å². The zero-order valence-electron chi connectivity index (χ0n) is 10.5. The summed E-state index contributed by atoms with van der Waals surface area (Å²) in [5.41, 5.74) is 1.37. The average molecular weight is 220 g/mol. The number of rotatable bonds is 4. The lowest BCUT2D eigenvalue weighted by atomic mass is 9.87. The molecule has 0 saturated carbocycles. The standard InChI is InChI=1S/C14H20O2/c1-11(15)8-9-16-13-7-5-6-12(10-13)14(2,3)4/h5-7,10H,8-9H2,1-4H3. The van der Waals surface area contributed by atoms with Crippen molar-refractivity contribution in [2.24, 2.45) is 0 Å². The first-order valence-corrected chi connectivity index (χ1v) is 5.62. The number of hydrogen-bond acceptors (Lipinski definition) is 2. The van der Waals surface area contributed by atoms with E-state index in [1.807, 2.05) is 18.2 Å². The number of carbonyl (C=O) groups excluding carboxylic acids is 1. The summed E-state index contributed by atoms with van der Waals surface area (Å²) in [6, 6.07) is 8.05. The second kappa shape index (κ2) is 5.15. The van der Waals surface area contributed by atoms with E-state index in [1.54, 1.807) is 6.92 Å². The molecule has 0 N–H and O–H groups in total. The minimum absolute atomic E-state index is 0.125. The second-order valence-corrected chi connectivity index (χ2v) is 5.08. The van der Waals surface area contributed by atoms with Gasteiger partial charge in [0, 0.05) is 6.42 Å². The fourth-order valence-electron chi connectivity index (χ4n) is 1.37. The Balaban J connectivity index is 2.64. The van der Waals surface area contributed by atoms with Gasteiger partial charge in [0.05, 0.1) is 6.61 Å². The summed E-state index contributed by atoms with van der Waals surface area (Å²) in [7, 11) is 0. The van der Waals surface area contributed by atoms with Crippen LogP contribution in [-0.2, 0) is 10.2 Å². The van der Waals surface area contributed by atoms with Crippen LogP contribution in [0.25, 0.3) is 0 Å². The van der Waals surface area contributed by atoms with E-state index in [0.717, 1.165) is 5.75 Å². The lowest BCUT2D eigenvalue weighted by Gasteiger charge is -2.19.